The normalized spacial score (nSPS) is 19.5. The van der Waals surface area contributed by atoms with Crippen LogP contribution in [-0.2, 0) is 4.79 Å². The zero-order valence-electron chi connectivity index (χ0n) is 8.33. The van der Waals surface area contributed by atoms with Crippen LogP contribution in [0.2, 0.25) is 0 Å². The highest BCUT2D eigenvalue weighted by Gasteiger charge is 2.25. The molecule has 1 aliphatic heterocycles. The van der Waals surface area contributed by atoms with E-state index in [-0.39, 0.29) is 5.91 Å². The molecule has 1 aliphatic rings. The van der Waals surface area contributed by atoms with Gasteiger partial charge >= 0.3 is 0 Å². The van der Waals surface area contributed by atoms with Crippen LogP contribution < -0.4 is 0 Å². The minimum absolute atomic E-state index is 0.115. The number of likely N-dealkylation sites (tertiary alicyclic amines) is 1. The van der Waals surface area contributed by atoms with Crippen molar-refractivity contribution >= 4 is 5.91 Å². The molecule has 76 valence electrons. The number of hydrogen-bond acceptors (Lipinski definition) is 2. The topological polar surface area (TPSA) is 40.5 Å². The Kier molecular flexibility index (Phi) is 4.22. The van der Waals surface area contributed by atoms with Crippen molar-refractivity contribution in [2.24, 2.45) is 0 Å². The maximum atomic E-state index is 11.2. The van der Waals surface area contributed by atoms with Crippen LogP contribution in [0, 0.1) is 0 Å². The summed E-state index contributed by atoms with van der Waals surface area (Å²) >= 11 is 0. The van der Waals surface area contributed by atoms with E-state index in [0.717, 1.165) is 38.6 Å². The molecule has 0 saturated carbocycles. The lowest BCUT2D eigenvalue weighted by Crippen LogP contribution is -2.35. The third kappa shape index (κ3) is 2.99. The van der Waals surface area contributed by atoms with Crippen LogP contribution in [0.4, 0.5) is 0 Å². The first-order valence-corrected chi connectivity index (χ1v) is 5.23. The first kappa shape index (κ1) is 10.5. The van der Waals surface area contributed by atoms with E-state index in [2.05, 4.69) is 6.92 Å². The van der Waals surface area contributed by atoms with Gasteiger partial charge < -0.3 is 10.0 Å². The summed E-state index contributed by atoms with van der Waals surface area (Å²) in [7, 11) is 0. The van der Waals surface area contributed by atoms with Crippen LogP contribution >= 0.6 is 0 Å². The van der Waals surface area contributed by atoms with E-state index in [1.54, 1.807) is 4.90 Å². The van der Waals surface area contributed by atoms with Gasteiger partial charge in [-0.15, -0.1) is 0 Å². The zero-order chi connectivity index (χ0) is 9.68. The van der Waals surface area contributed by atoms with Crippen LogP contribution in [0.3, 0.4) is 0 Å². The second-order valence-electron chi connectivity index (χ2n) is 3.67. The Bertz CT molecular complexity index is 170. The number of carbonyl (C=O) groups is 1. The third-order valence-electron chi connectivity index (χ3n) is 2.54. The van der Waals surface area contributed by atoms with Crippen molar-refractivity contribution in [3.8, 4) is 0 Å². The molecule has 1 saturated heterocycles. The Labute approximate surface area is 79.7 Å². The number of aliphatic hydroxyl groups is 1. The van der Waals surface area contributed by atoms with Gasteiger partial charge in [0.2, 0.25) is 5.91 Å². The van der Waals surface area contributed by atoms with Gasteiger partial charge in [0, 0.05) is 13.0 Å². The lowest BCUT2D eigenvalue weighted by molar-refractivity contribution is -0.136. The van der Waals surface area contributed by atoms with Crippen LogP contribution in [0.1, 0.15) is 45.4 Å². The molecular formula is C10H19NO2. The van der Waals surface area contributed by atoms with Gasteiger partial charge in [-0.25, -0.2) is 0 Å². The van der Waals surface area contributed by atoms with Gasteiger partial charge in [0.15, 0.2) is 0 Å². The number of rotatable bonds is 5. The van der Waals surface area contributed by atoms with Crippen molar-refractivity contribution in [1.82, 2.24) is 4.90 Å². The first-order valence-electron chi connectivity index (χ1n) is 5.23. The van der Waals surface area contributed by atoms with Gasteiger partial charge in [0.05, 0.1) is 0 Å². The summed E-state index contributed by atoms with van der Waals surface area (Å²) < 4.78 is 0. The molecule has 3 nitrogen and oxygen atoms in total. The fraction of sp³-hybridized carbons (Fsp3) is 0.900. The highest BCUT2D eigenvalue weighted by Crippen LogP contribution is 2.15. The highest BCUT2D eigenvalue weighted by molar-refractivity contribution is 5.78. The average Bonchev–Trinajstić information content (AvgIpc) is 2.52. The quantitative estimate of drug-likeness (QED) is 0.659. The first-order chi connectivity index (χ1) is 6.25. The van der Waals surface area contributed by atoms with Gasteiger partial charge in [-0.2, -0.15) is 0 Å². The number of unbranched alkanes of at least 4 members (excludes halogenated alkanes) is 2. The van der Waals surface area contributed by atoms with E-state index >= 15 is 0 Å². The lowest BCUT2D eigenvalue weighted by atomic mass is 10.2. The summed E-state index contributed by atoms with van der Waals surface area (Å²) in [6.07, 6.45) is 5.04. The molecule has 3 heteroatoms. The molecule has 0 bridgehead atoms. The molecule has 1 rings (SSSR count). The maximum absolute atomic E-state index is 11.2. The lowest BCUT2D eigenvalue weighted by Gasteiger charge is -2.22. The molecule has 13 heavy (non-hydrogen) atoms. The van der Waals surface area contributed by atoms with Crippen LogP contribution in [0.25, 0.3) is 0 Å². The van der Waals surface area contributed by atoms with Crippen molar-refractivity contribution in [1.29, 1.82) is 0 Å². The Hall–Kier alpha value is -0.570. The molecule has 1 unspecified atom stereocenters. The third-order valence-corrected chi connectivity index (χ3v) is 2.54. The van der Waals surface area contributed by atoms with Crippen molar-refractivity contribution < 1.29 is 9.90 Å². The number of nitrogens with zero attached hydrogens (tertiary/aromatic N) is 1. The number of aliphatic hydroxyl groups excluding tert-OH is 1. The van der Waals surface area contributed by atoms with Gasteiger partial charge in [0.1, 0.15) is 6.23 Å². The van der Waals surface area contributed by atoms with Gasteiger partial charge in [-0.05, 0) is 19.3 Å². The fourth-order valence-corrected chi connectivity index (χ4v) is 1.72. The molecule has 0 aromatic carbocycles. The van der Waals surface area contributed by atoms with Gasteiger partial charge in [-0.1, -0.05) is 19.8 Å². The number of amides is 1. The second-order valence-corrected chi connectivity index (χ2v) is 3.67. The van der Waals surface area contributed by atoms with Crippen molar-refractivity contribution in [2.45, 2.75) is 51.7 Å². The molecule has 0 aliphatic carbocycles. The van der Waals surface area contributed by atoms with E-state index in [4.69, 9.17) is 0 Å². The molecule has 0 aromatic rings. The Balaban J connectivity index is 2.22. The number of carbonyl (C=O) groups excluding carboxylic acids is 1. The summed E-state index contributed by atoms with van der Waals surface area (Å²) in [4.78, 5) is 12.8. The van der Waals surface area contributed by atoms with E-state index in [1.807, 2.05) is 0 Å². The Morgan fingerprint density at radius 2 is 2.31 bits per heavy atom. The van der Waals surface area contributed by atoms with Crippen molar-refractivity contribution in [3.05, 3.63) is 0 Å². The summed E-state index contributed by atoms with van der Waals surface area (Å²) in [5.41, 5.74) is 0. The fourth-order valence-electron chi connectivity index (χ4n) is 1.72. The molecule has 0 aromatic heterocycles. The molecular weight excluding hydrogens is 166 g/mol. The van der Waals surface area contributed by atoms with E-state index < -0.39 is 6.23 Å². The minimum atomic E-state index is -0.526. The Morgan fingerprint density at radius 1 is 1.54 bits per heavy atom. The molecule has 1 N–H and O–H groups in total. The largest absolute Gasteiger partial charge is 0.374 e. The predicted molar refractivity (Wildman–Crippen MR) is 51.1 cm³/mol. The molecule has 1 atom stereocenters. The zero-order valence-corrected chi connectivity index (χ0v) is 8.33. The molecule has 1 amide bonds. The van der Waals surface area contributed by atoms with Crippen molar-refractivity contribution in [3.63, 3.8) is 0 Å². The van der Waals surface area contributed by atoms with E-state index in [1.165, 1.54) is 0 Å². The van der Waals surface area contributed by atoms with Crippen LogP contribution in [0.15, 0.2) is 0 Å². The van der Waals surface area contributed by atoms with Crippen molar-refractivity contribution in [2.75, 3.05) is 6.54 Å². The van der Waals surface area contributed by atoms with Crippen LogP contribution in [-0.4, -0.2) is 28.7 Å². The van der Waals surface area contributed by atoms with E-state index in [9.17, 15) is 9.90 Å². The summed E-state index contributed by atoms with van der Waals surface area (Å²) in [6.45, 7) is 2.87. The molecule has 1 heterocycles. The Morgan fingerprint density at radius 3 is 2.85 bits per heavy atom. The molecule has 0 radical (unpaired) electrons. The summed E-state index contributed by atoms with van der Waals surface area (Å²) in [5, 5.41) is 9.65. The standard InChI is InChI=1S/C10H19NO2/c1-2-3-4-6-9(12)11-8-5-7-10(11)13/h9,12H,2-8H2,1H3. The van der Waals surface area contributed by atoms with Gasteiger partial charge in [-0.3, -0.25) is 4.79 Å². The number of hydrogen-bond donors (Lipinski definition) is 1. The maximum Gasteiger partial charge on any atom is 0.224 e. The van der Waals surface area contributed by atoms with E-state index in [0.29, 0.717) is 6.42 Å². The van der Waals surface area contributed by atoms with Gasteiger partial charge in [0.25, 0.3) is 0 Å². The molecule has 0 spiro atoms. The minimum Gasteiger partial charge on any atom is -0.374 e. The average molecular weight is 185 g/mol. The van der Waals surface area contributed by atoms with Crippen LogP contribution in [0.5, 0.6) is 0 Å². The second kappa shape index (κ2) is 5.22. The monoisotopic (exact) mass is 185 g/mol. The smallest absolute Gasteiger partial charge is 0.224 e. The molecule has 1 fully saturated rings. The summed E-state index contributed by atoms with van der Waals surface area (Å²) in [5.74, 6) is 0.115. The summed E-state index contributed by atoms with van der Waals surface area (Å²) in [6, 6.07) is 0. The SMILES string of the molecule is CCCCCC(O)N1CCCC1=O. The highest BCUT2D eigenvalue weighted by atomic mass is 16.3. The predicted octanol–water partition coefficient (Wildman–Crippen LogP) is 1.51.